The van der Waals surface area contributed by atoms with E-state index in [1.54, 1.807) is 33.8 Å². The van der Waals surface area contributed by atoms with Crippen molar-refractivity contribution in [1.82, 2.24) is 4.31 Å². The Bertz CT molecular complexity index is 698. The van der Waals surface area contributed by atoms with E-state index in [1.165, 1.54) is 0 Å². The molecule has 1 saturated heterocycles. The molecule has 0 radical (unpaired) electrons. The number of hydrogen-bond donors (Lipinski definition) is 0. The van der Waals surface area contributed by atoms with Crippen LogP contribution in [0, 0.1) is 0 Å². The molecule has 3 rings (SSSR count). The van der Waals surface area contributed by atoms with Gasteiger partial charge in [-0.2, -0.15) is 4.31 Å². The first-order valence-corrected chi connectivity index (χ1v) is 9.51. The second kappa shape index (κ2) is 5.60. The fraction of sp³-hybridized carbons (Fsp3) is 0.286. The van der Waals surface area contributed by atoms with Crippen LogP contribution in [-0.4, -0.2) is 19.3 Å². The van der Waals surface area contributed by atoms with Gasteiger partial charge in [-0.05, 0) is 42.5 Å². The molecule has 106 valence electrons. The third-order valence-corrected chi connectivity index (χ3v) is 6.85. The maximum absolute atomic E-state index is 12.8. The van der Waals surface area contributed by atoms with Crippen molar-refractivity contribution in [2.75, 3.05) is 6.54 Å². The number of nitrogens with zero attached hydrogens (tertiary/aromatic N) is 1. The maximum Gasteiger partial charge on any atom is 0.243 e. The van der Waals surface area contributed by atoms with E-state index >= 15 is 0 Å². The molecule has 6 heteroatoms. The van der Waals surface area contributed by atoms with Gasteiger partial charge < -0.3 is 0 Å². The molecule has 1 aromatic heterocycles. The van der Waals surface area contributed by atoms with Crippen molar-refractivity contribution in [3.05, 3.63) is 51.1 Å². The molecular weight excluding hydrogens is 358 g/mol. The third kappa shape index (κ3) is 2.57. The molecule has 0 unspecified atom stereocenters. The Hall–Kier alpha value is -0.690. The predicted octanol–water partition coefficient (Wildman–Crippen LogP) is 4.04. The highest BCUT2D eigenvalue weighted by molar-refractivity contribution is 9.10. The van der Waals surface area contributed by atoms with E-state index in [1.807, 2.05) is 23.6 Å². The van der Waals surface area contributed by atoms with E-state index < -0.39 is 10.0 Å². The van der Waals surface area contributed by atoms with Crippen LogP contribution in [0.25, 0.3) is 0 Å². The number of hydrogen-bond acceptors (Lipinski definition) is 3. The topological polar surface area (TPSA) is 37.4 Å². The zero-order valence-electron chi connectivity index (χ0n) is 10.7. The zero-order valence-corrected chi connectivity index (χ0v) is 13.9. The molecule has 0 bridgehead atoms. The highest BCUT2D eigenvalue weighted by Gasteiger charge is 2.36. The lowest BCUT2D eigenvalue weighted by molar-refractivity contribution is 0.401. The summed E-state index contributed by atoms with van der Waals surface area (Å²) >= 11 is 4.96. The van der Waals surface area contributed by atoms with Gasteiger partial charge >= 0.3 is 0 Å². The van der Waals surface area contributed by atoms with Gasteiger partial charge in [-0.1, -0.05) is 28.1 Å². The zero-order chi connectivity index (χ0) is 14.2. The Labute approximate surface area is 131 Å². The molecule has 0 amide bonds. The van der Waals surface area contributed by atoms with Crippen molar-refractivity contribution in [2.45, 2.75) is 23.8 Å². The molecule has 0 spiro atoms. The average molecular weight is 372 g/mol. The van der Waals surface area contributed by atoms with Crippen LogP contribution >= 0.6 is 27.3 Å². The lowest BCUT2D eigenvalue weighted by atomic mass is 10.2. The van der Waals surface area contributed by atoms with Crippen molar-refractivity contribution in [3.63, 3.8) is 0 Å². The Morgan fingerprint density at radius 1 is 1.25 bits per heavy atom. The smallest absolute Gasteiger partial charge is 0.207 e. The molecule has 0 saturated carbocycles. The van der Waals surface area contributed by atoms with E-state index in [0.29, 0.717) is 11.4 Å². The van der Waals surface area contributed by atoms with Crippen molar-refractivity contribution in [2.24, 2.45) is 0 Å². The largest absolute Gasteiger partial charge is 0.243 e. The average Bonchev–Trinajstić information content (AvgIpc) is 3.09. The van der Waals surface area contributed by atoms with Crippen LogP contribution in [0.2, 0.25) is 0 Å². The molecule has 1 atom stereocenters. The predicted molar refractivity (Wildman–Crippen MR) is 84.3 cm³/mol. The summed E-state index contributed by atoms with van der Waals surface area (Å²) < 4.78 is 28.0. The summed E-state index contributed by atoms with van der Waals surface area (Å²) in [7, 11) is -3.43. The minimum absolute atomic E-state index is 0.0148. The number of rotatable bonds is 3. The van der Waals surface area contributed by atoms with Crippen molar-refractivity contribution >= 4 is 37.3 Å². The third-order valence-electron chi connectivity index (χ3n) is 3.48. The molecule has 3 nitrogen and oxygen atoms in total. The minimum atomic E-state index is -3.43. The summed E-state index contributed by atoms with van der Waals surface area (Å²) in [5.41, 5.74) is 0. The summed E-state index contributed by atoms with van der Waals surface area (Å²) in [4.78, 5) is 1.48. The Morgan fingerprint density at radius 3 is 2.80 bits per heavy atom. The van der Waals surface area contributed by atoms with Gasteiger partial charge in [0.15, 0.2) is 0 Å². The number of sulfonamides is 1. The van der Waals surface area contributed by atoms with Gasteiger partial charge in [0, 0.05) is 15.9 Å². The number of halogens is 1. The van der Waals surface area contributed by atoms with Crippen LogP contribution in [0.15, 0.2) is 51.1 Å². The summed E-state index contributed by atoms with van der Waals surface area (Å²) in [5.74, 6) is 0. The molecule has 20 heavy (non-hydrogen) atoms. The standard InChI is InChI=1S/C14H14BrNO2S2/c15-11-4-1-5-12(10-11)20(17,18)16-8-2-6-13(16)14-7-3-9-19-14/h1,3-5,7,9-10,13H,2,6,8H2/t13-/m0/s1. The first-order valence-electron chi connectivity index (χ1n) is 6.40. The van der Waals surface area contributed by atoms with E-state index in [-0.39, 0.29) is 6.04 Å². The Balaban J connectivity index is 1.98. The molecule has 2 heterocycles. The van der Waals surface area contributed by atoms with Gasteiger partial charge in [0.2, 0.25) is 10.0 Å². The summed E-state index contributed by atoms with van der Waals surface area (Å²) in [6, 6.07) is 10.9. The van der Waals surface area contributed by atoms with E-state index in [4.69, 9.17) is 0 Å². The highest BCUT2D eigenvalue weighted by Crippen LogP contribution is 2.38. The van der Waals surface area contributed by atoms with Crippen LogP contribution in [0.3, 0.4) is 0 Å². The first-order chi connectivity index (χ1) is 9.59. The molecule has 0 N–H and O–H groups in total. The normalized spacial score (nSPS) is 20.4. The molecular formula is C14H14BrNO2S2. The monoisotopic (exact) mass is 371 g/mol. The minimum Gasteiger partial charge on any atom is -0.207 e. The Kier molecular flexibility index (Phi) is 3.99. The van der Waals surface area contributed by atoms with E-state index in [9.17, 15) is 8.42 Å². The summed E-state index contributed by atoms with van der Waals surface area (Å²) in [5, 5.41) is 2.00. The first kappa shape index (κ1) is 14.3. The quantitative estimate of drug-likeness (QED) is 0.816. The van der Waals surface area contributed by atoms with Gasteiger partial charge in [-0.15, -0.1) is 11.3 Å². The SMILES string of the molecule is O=S(=O)(c1cccc(Br)c1)N1CCC[C@H]1c1cccs1. The van der Waals surface area contributed by atoms with Crippen LogP contribution in [-0.2, 0) is 10.0 Å². The molecule has 0 aliphatic carbocycles. The fourth-order valence-corrected chi connectivity index (χ4v) is 5.77. The van der Waals surface area contributed by atoms with Gasteiger partial charge in [0.05, 0.1) is 10.9 Å². The van der Waals surface area contributed by atoms with Gasteiger partial charge in [0.25, 0.3) is 0 Å². The fourth-order valence-electron chi connectivity index (χ4n) is 2.56. The molecule has 1 aliphatic heterocycles. The van der Waals surface area contributed by atoms with Gasteiger partial charge in [-0.3, -0.25) is 0 Å². The van der Waals surface area contributed by atoms with Crippen LogP contribution in [0.1, 0.15) is 23.8 Å². The Morgan fingerprint density at radius 2 is 2.10 bits per heavy atom. The molecule has 1 aliphatic rings. The second-order valence-electron chi connectivity index (χ2n) is 4.75. The second-order valence-corrected chi connectivity index (χ2v) is 8.53. The van der Waals surface area contributed by atoms with Gasteiger partial charge in [-0.25, -0.2) is 8.42 Å². The summed E-state index contributed by atoms with van der Waals surface area (Å²) in [6.45, 7) is 0.595. The summed E-state index contributed by atoms with van der Waals surface area (Å²) in [6.07, 6.45) is 1.81. The highest BCUT2D eigenvalue weighted by atomic mass is 79.9. The van der Waals surface area contributed by atoms with Crippen LogP contribution < -0.4 is 0 Å². The van der Waals surface area contributed by atoms with Crippen molar-refractivity contribution < 1.29 is 8.42 Å². The lowest BCUT2D eigenvalue weighted by Crippen LogP contribution is -2.30. The van der Waals surface area contributed by atoms with Crippen LogP contribution in [0.4, 0.5) is 0 Å². The molecule has 1 fully saturated rings. The number of thiophene rings is 1. The van der Waals surface area contributed by atoms with E-state index in [2.05, 4.69) is 15.9 Å². The maximum atomic E-state index is 12.8. The number of benzene rings is 1. The van der Waals surface area contributed by atoms with Gasteiger partial charge in [0.1, 0.15) is 0 Å². The van der Waals surface area contributed by atoms with Crippen molar-refractivity contribution in [3.8, 4) is 0 Å². The lowest BCUT2D eigenvalue weighted by Gasteiger charge is -2.23. The van der Waals surface area contributed by atoms with E-state index in [0.717, 1.165) is 22.2 Å². The molecule has 2 aromatic rings. The van der Waals surface area contributed by atoms with Crippen molar-refractivity contribution in [1.29, 1.82) is 0 Å². The van der Waals surface area contributed by atoms with Crippen LogP contribution in [0.5, 0.6) is 0 Å². The molecule has 1 aromatic carbocycles.